The molecule has 1 aliphatic rings. The number of aromatic nitrogens is 1. The van der Waals surface area contributed by atoms with Crippen molar-refractivity contribution in [2.24, 2.45) is 16.9 Å². The third kappa shape index (κ3) is 5.94. The molecule has 3 aromatic rings. The molecule has 1 aromatic heterocycles. The predicted octanol–water partition coefficient (Wildman–Crippen LogP) is 5.42. The fourth-order valence-corrected chi connectivity index (χ4v) is 4.96. The van der Waals surface area contributed by atoms with Crippen LogP contribution >= 0.6 is 0 Å². The van der Waals surface area contributed by atoms with Crippen LogP contribution in [0.15, 0.2) is 71.5 Å². The van der Waals surface area contributed by atoms with Crippen molar-refractivity contribution in [1.29, 1.82) is 0 Å². The zero-order valence-corrected chi connectivity index (χ0v) is 22.1. The van der Waals surface area contributed by atoms with E-state index in [-0.39, 0.29) is 5.91 Å². The van der Waals surface area contributed by atoms with Crippen LogP contribution in [-0.4, -0.2) is 51.9 Å². The highest BCUT2D eigenvalue weighted by molar-refractivity contribution is 6.32. The van der Waals surface area contributed by atoms with Crippen LogP contribution in [0.2, 0.25) is 0 Å². The zero-order chi connectivity index (χ0) is 25.8. The van der Waals surface area contributed by atoms with Crippen LogP contribution < -0.4 is 5.01 Å². The number of benzene rings is 2. The van der Waals surface area contributed by atoms with Crippen LogP contribution in [0.4, 0.5) is 5.69 Å². The molecular formula is C30H38N4O2. The lowest BCUT2D eigenvalue weighted by Crippen LogP contribution is -2.39. The molecule has 4 rings (SSSR count). The number of hydrogen-bond donors (Lipinski definition) is 1. The first-order valence-corrected chi connectivity index (χ1v) is 12.9. The third-order valence-corrected chi connectivity index (χ3v) is 6.31. The fraction of sp³-hybridized carbons (Fsp3) is 0.400. The topological polar surface area (TPSA) is 61.1 Å². The van der Waals surface area contributed by atoms with Crippen LogP contribution in [0.1, 0.15) is 40.2 Å². The molecule has 36 heavy (non-hydrogen) atoms. The van der Waals surface area contributed by atoms with Gasteiger partial charge in [0.25, 0.3) is 5.91 Å². The quantitative estimate of drug-likeness (QED) is 0.389. The van der Waals surface area contributed by atoms with Gasteiger partial charge in [-0.3, -0.25) is 4.79 Å². The molecule has 0 radical (unpaired) electrons. The summed E-state index contributed by atoms with van der Waals surface area (Å²) in [6.45, 7) is 13.8. The second-order valence-electron chi connectivity index (χ2n) is 10.6. The normalized spacial score (nSPS) is 16.2. The average molecular weight is 487 g/mol. The number of carbonyl (C=O) groups excluding carboxylic acids is 1. The lowest BCUT2D eigenvalue weighted by atomic mass is 10.1. The number of nitrogens with zero attached hydrogens (tertiary/aromatic N) is 4. The van der Waals surface area contributed by atoms with Gasteiger partial charge in [-0.1, -0.05) is 64.1 Å². The first-order chi connectivity index (χ1) is 17.2. The molecule has 0 unspecified atom stereocenters. The number of aliphatic hydroxyl groups is 1. The number of rotatable bonds is 10. The summed E-state index contributed by atoms with van der Waals surface area (Å²) in [6, 6.07) is 17.6. The van der Waals surface area contributed by atoms with Gasteiger partial charge in [0, 0.05) is 48.8 Å². The molecule has 6 nitrogen and oxygen atoms in total. The zero-order valence-electron chi connectivity index (χ0n) is 22.1. The molecule has 2 aromatic carbocycles. The van der Waals surface area contributed by atoms with Crippen molar-refractivity contribution in [3.8, 4) is 0 Å². The molecule has 1 aliphatic heterocycles. The van der Waals surface area contributed by atoms with Crippen molar-refractivity contribution < 1.29 is 9.90 Å². The van der Waals surface area contributed by atoms with E-state index in [0.717, 1.165) is 35.2 Å². The lowest BCUT2D eigenvalue weighted by molar-refractivity contribution is -0.114. The lowest BCUT2D eigenvalue weighted by Gasteiger charge is -2.28. The number of anilines is 1. The van der Waals surface area contributed by atoms with E-state index >= 15 is 0 Å². The van der Waals surface area contributed by atoms with Crippen LogP contribution in [0.5, 0.6) is 0 Å². The Hall–Kier alpha value is -3.22. The number of fused-ring (bicyclic) bond motifs is 1. The number of aliphatic hydroxyl groups excluding tert-OH is 1. The summed E-state index contributed by atoms with van der Waals surface area (Å²) in [5, 5.41) is 18.1. The van der Waals surface area contributed by atoms with Crippen LogP contribution in [0.3, 0.4) is 0 Å². The van der Waals surface area contributed by atoms with Crippen LogP contribution in [0, 0.1) is 11.8 Å². The fourth-order valence-electron chi connectivity index (χ4n) is 4.96. The van der Waals surface area contributed by atoms with Gasteiger partial charge in [-0.25, -0.2) is 0 Å². The Kier molecular flexibility index (Phi) is 8.07. The second kappa shape index (κ2) is 11.2. The molecule has 2 heterocycles. The van der Waals surface area contributed by atoms with Crippen LogP contribution in [-0.2, 0) is 11.3 Å². The number of hydrogen-bond acceptors (Lipinski definition) is 4. The van der Waals surface area contributed by atoms with Crippen molar-refractivity contribution >= 4 is 34.3 Å². The van der Waals surface area contributed by atoms with Gasteiger partial charge in [0.2, 0.25) is 0 Å². The molecular weight excluding hydrogens is 448 g/mol. The molecule has 6 heteroatoms. The standard InChI is InChI=1S/C30H38N4O2/c1-21(2)16-32(17-22(3)4)19-26(35)20-33-18-24(27-13-9-10-14-29(27)33)15-28-23(5)31-34(30(28)36)25-11-7-6-8-12-25/h6-15,18,21-22,26,35H,16-17,19-20H2,1-5H3/b28-15+/t26-/m0/s1. The SMILES string of the molecule is CC1=NN(c2ccccc2)C(=O)/C1=C/c1cn(C[C@@H](O)CN(CC(C)C)CC(C)C)c2ccccc12. The van der Waals surface area contributed by atoms with Crippen molar-refractivity contribution in [3.63, 3.8) is 0 Å². The average Bonchev–Trinajstić information content (AvgIpc) is 3.31. The Bertz CT molecular complexity index is 1250. The number of amides is 1. The largest absolute Gasteiger partial charge is 0.390 e. The van der Waals surface area contributed by atoms with E-state index in [1.54, 1.807) is 0 Å². The van der Waals surface area contributed by atoms with E-state index in [2.05, 4.69) is 54.4 Å². The maximum Gasteiger partial charge on any atom is 0.280 e. The van der Waals surface area contributed by atoms with Gasteiger partial charge in [-0.05, 0) is 43.0 Å². The number of carbonyl (C=O) groups is 1. The Morgan fingerprint density at radius 1 is 0.944 bits per heavy atom. The summed E-state index contributed by atoms with van der Waals surface area (Å²) in [4.78, 5) is 15.6. The summed E-state index contributed by atoms with van der Waals surface area (Å²) < 4.78 is 2.11. The minimum Gasteiger partial charge on any atom is -0.390 e. The van der Waals surface area contributed by atoms with E-state index in [0.29, 0.717) is 36.2 Å². The molecule has 0 saturated heterocycles. The van der Waals surface area contributed by atoms with E-state index in [4.69, 9.17) is 0 Å². The van der Waals surface area contributed by atoms with E-state index in [1.807, 2.05) is 61.7 Å². The summed E-state index contributed by atoms with van der Waals surface area (Å²) in [5.74, 6) is 0.963. The van der Waals surface area contributed by atoms with Gasteiger partial charge in [-0.15, -0.1) is 0 Å². The first kappa shape index (κ1) is 25.9. The molecule has 0 fully saturated rings. The van der Waals surface area contributed by atoms with Crippen molar-refractivity contribution in [3.05, 3.63) is 71.9 Å². The molecule has 0 bridgehead atoms. The van der Waals surface area contributed by atoms with Gasteiger partial charge >= 0.3 is 0 Å². The van der Waals surface area contributed by atoms with Gasteiger partial charge in [0.05, 0.1) is 23.1 Å². The second-order valence-corrected chi connectivity index (χ2v) is 10.6. The number of hydrazone groups is 1. The van der Waals surface area contributed by atoms with Gasteiger partial charge < -0.3 is 14.6 Å². The Balaban J connectivity index is 1.59. The molecule has 0 spiro atoms. The molecule has 0 saturated carbocycles. The van der Waals surface area contributed by atoms with Crippen molar-refractivity contribution in [2.75, 3.05) is 24.6 Å². The third-order valence-electron chi connectivity index (χ3n) is 6.31. The highest BCUT2D eigenvalue weighted by Crippen LogP contribution is 2.28. The maximum absolute atomic E-state index is 13.2. The molecule has 1 atom stereocenters. The number of para-hydroxylation sites is 2. The van der Waals surface area contributed by atoms with E-state index < -0.39 is 6.10 Å². The van der Waals surface area contributed by atoms with Gasteiger partial charge in [0.15, 0.2) is 0 Å². The van der Waals surface area contributed by atoms with Gasteiger partial charge in [-0.2, -0.15) is 10.1 Å². The maximum atomic E-state index is 13.2. The minimum atomic E-state index is -0.496. The summed E-state index contributed by atoms with van der Waals surface area (Å²) >= 11 is 0. The van der Waals surface area contributed by atoms with E-state index in [1.165, 1.54) is 5.01 Å². The van der Waals surface area contributed by atoms with Crippen LogP contribution in [0.25, 0.3) is 17.0 Å². The summed E-state index contributed by atoms with van der Waals surface area (Å²) in [6.07, 6.45) is 3.48. The smallest absolute Gasteiger partial charge is 0.280 e. The first-order valence-electron chi connectivity index (χ1n) is 12.9. The summed E-state index contributed by atoms with van der Waals surface area (Å²) in [7, 11) is 0. The van der Waals surface area contributed by atoms with Crippen molar-refractivity contribution in [2.45, 2.75) is 47.3 Å². The highest BCUT2D eigenvalue weighted by Gasteiger charge is 2.29. The van der Waals surface area contributed by atoms with Gasteiger partial charge in [0.1, 0.15) is 0 Å². The molecule has 1 amide bonds. The monoisotopic (exact) mass is 486 g/mol. The Labute approximate surface area is 214 Å². The summed E-state index contributed by atoms with van der Waals surface area (Å²) in [5.41, 5.74) is 4.03. The highest BCUT2D eigenvalue weighted by atomic mass is 16.3. The predicted molar refractivity (Wildman–Crippen MR) is 149 cm³/mol. The molecule has 190 valence electrons. The van der Waals surface area contributed by atoms with Crippen molar-refractivity contribution in [1.82, 2.24) is 9.47 Å². The molecule has 0 aliphatic carbocycles. The Morgan fingerprint density at radius 2 is 1.58 bits per heavy atom. The molecule has 1 N–H and O–H groups in total. The Morgan fingerprint density at radius 3 is 2.25 bits per heavy atom. The minimum absolute atomic E-state index is 0.131. The van der Waals surface area contributed by atoms with E-state index in [9.17, 15) is 9.90 Å².